The highest BCUT2D eigenvalue weighted by Crippen LogP contribution is 2.23. The van der Waals surface area contributed by atoms with Crippen LogP contribution in [-0.2, 0) is 6.54 Å². The molecule has 0 aliphatic heterocycles. The molecule has 2 rings (SSSR count). The van der Waals surface area contributed by atoms with Crippen LogP contribution in [-0.4, -0.2) is 9.55 Å². The molecule has 0 spiro atoms. The first-order valence-electron chi connectivity index (χ1n) is 5.57. The number of aromatic amines is 1. The molecule has 0 aliphatic carbocycles. The Bertz CT molecular complexity index is 570. The molecule has 0 fully saturated rings. The van der Waals surface area contributed by atoms with Crippen LogP contribution in [0.25, 0.3) is 11.0 Å². The van der Waals surface area contributed by atoms with Crippen molar-refractivity contribution in [2.45, 2.75) is 34.2 Å². The summed E-state index contributed by atoms with van der Waals surface area (Å²) in [7, 11) is 0. The molecule has 0 saturated carbocycles. The lowest BCUT2D eigenvalue weighted by Gasteiger charge is -2.19. The minimum Gasteiger partial charge on any atom is -0.330 e. The molecule has 2 nitrogen and oxygen atoms in total. The first kappa shape index (κ1) is 11.4. The molecule has 86 valence electrons. The van der Waals surface area contributed by atoms with E-state index in [0.717, 1.165) is 16.8 Å². The number of hydrogen-bond donors (Lipinski definition) is 1. The first-order valence-corrected chi connectivity index (χ1v) is 5.97. The molecule has 0 aliphatic rings. The summed E-state index contributed by atoms with van der Waals surface area (Å²) in [5.41, 5.74) is 3.85. The lowest BCUT2D eigenvalue weighted by Crippen LogP contribution is -2.15. The quantitative estimate of drug-likeness (QED) is 0.738. The van der Waals surface area contributed by atoms with Crippen LogP contribution in [0.3, 0.4) is 0 Å². The minimum absolute atomic E-state index is 0.233. The van der Waals surface area contributed by atoms with Gasteiger partial charge in [-0.25, -0.2) is 0 Å². The van der Waals surface area contributed by atoms with Crippen molar-refractivity contribution in [1.82, 2.24) is 9.55 Å². The van der Waals surface area contributed by atoms with Crippen LogP contribution >= 0.6 is 12.2 Å². The average molecular weight is 234 g/mol. The van der Waals surface area contributed by atoms with Crippen molar-refractivity contribution in [3.05, 3.63) is 28.5 Å². The zero-order valence-electron chi connectivity index (χ0n) is 10.3. The van der Waals surface area contributed by atoms with E-state index in [0.29, 0.717) is 0 Å². The van der Waals surface area contributed by atoms with Crippen molar-refractivity contribution in [3.8, 4) is 0 Å². The average Bonchev–Trinajstić information content (AvgIpc) is 2.44. The highest BCUT2D eigenvalue weighted by Gasteiger charge is 2.14. The minimum atomic E-state index is 0.233. The number of aryl methyl sites for hydroxylation is 1. The van der Waals surface area contributed by atoms with Crippen molar-refractivity contribution in [2.24, 2.45) is 5.41 Å². The number of benzene rings is 1. The Hall–Kier alpha value is -1.09. The lowest BCUT2D eigenvalue weighted by atomic mass is 9.97. The number of hydrogen-bond acceptors (Lipinski definition) is 1. The van der Waals surface area contributed by atoms with Gasteiger partial charge in [-0.2, -0.15) is 0 Å². The third-order valence-electron chi connectivity index (χ3n) is 2.65. The highest BCUT2D eigenvalue weighted by molar-refractivity contribution is 7.71. The monoisotopic (exact) mass is 234 g/mol. The number of imidazole rings is 1. The molecule has 0 saturated heterocycles. The number of aromatic nitrogens is 2. The maximum Gasteiger partial charge on any atom is 0.178 e. The zero-order valence-corrected chi connectivity index (χ0v) is 11.1. The maximum atomic E-state index is 5.39. The Morgan fingerprint density at radius 2 is 2.00 bits per heavy atom. The fraction of sp³-hybridized carbons (Fsp3) is 0.462. The highest BCUT2D eigenvalue weighted by atomic mass is 32.1. The van der Waals surface area contributed by atoms with Crippen molar-refractivity contribution in [2.75, 3.05) is 0 Å². The summed E-state index contributed by atoms with van der Waals surface area (Å²) in [5, 5.41) is 0. The lowest BCUT2D eigenvalue weighted by molar-refractivity contribution is 0.346. The van der Waals surface area contributed by atoms with Gasteiger partial charge in [-0.05, 0) is 36.2 Å². The summed E-state index contributed by atoms with van der Waals surface area (Å²) in [6.45, 7) is 9.72. The summed E-state index contributed by atoms with van der Waals surface area (Å²) >= 11 is 5.39. The van der Waals surface area contributed by atoms with Gasteiger partial charge in [-0.1, -0.05) is 32.9 Å². The van der Waals surface area contributed by atoms with Crippen molar-refractivity contribution >= 4 is 23.3 Å². The van der Waals surface area contributed by atoms with Gasteiger partial charge in [0.2, 0.25) is 0 Å². The van der Waals surface area contributed by atoms with Gasteiger partial charge in [0.1, 0.15) is 0 Å². The van der Waals surface area contributed by atoms with Crippen molar-refractivity contribution in [3.63, 3.8) is 0 Å². The Labute approximate surface area is 101 Å². The smallest absolute Gasteiger partial charge is 0.178 e. The van der Waals surface area contributed by atoms with Gasteiger partial charge in [-0.3, -0.25) is 0 Å². The van der Waals surface area contributed by atoms with Crippen LogP contribution in [0, 0.1) is 17.1 Å². The van der Waals surface area contributed by atoms with E-state index in [-0.39, 0.29) is 5.41 Å². The molecule has 0 bridgehead atoms. The Balaban J connectivity index is 2.66. The molecule has 0 amide bonds. The van der Waals surface area contributed by atoms with Crippen LogP contribution in [0.5, 0.6) is 0 Å². The largest absolute Gasteiger partial charge is 0.330 e. The molecule has 0 unspecified atom stereocenters. The maximum absolute atomic E-state index is 5.39. The third kappa shape index (κ3) is 2.05. The molecule has 1 aromatic heterocycles. The summed E-state index contributed by atoms with van der Waals surface area (Å²) in [6, 6.07) is 6.31. The van der Waals surface area contributed by atoms with Gasteiger partial charge in [0.15, 0.2) is 4.77 Å². The SMILES string of the molecule is Cc1cccc2c1[nH]c(=S)n2CC(C)(C)C. The molecule has 0 atom stereocenters. The number of H-pyrrole nitrogens is 1. The number of fused-ring (bicyclic) bond motifs is 1. The van der Waals surface area contributed by atoms with E-state index in [1.54, 1.807) is 0 Å². The molecule has 1 N–H and O–H groups in total. The van der Waals surface area contributed by atoms with E-state index in [2.05, 4.69) is 55.4 Å². The molecule has 1 heterocycles. The van der Waals surface area contributed by atoms with Gasteiger partial charge in [0.05, 0.1) is 11.0 Å². The van der Waals surface area contributed by atoms with E-state index in [9.17, 15) is 0 Å². The molecular formula is C13H18N2S. The fourth-order valence-corrected chi connectivity index (χ4v) is 2.22. The summed E-state index contributed by atoms with van der Waals surface area (Å²) in [6.07, 6.45) is 0. The van der Waals surface area contributed by atoms with Crippen molar-refractivity contribution < 1.29 is 0 Å². The second-order valence-electron chi connectivity index (χ2n) is 5.55. The number of nitrogens with one attached hydrogen (secondary N) is 1. The van der Waals surface area contributed by atoms with Gasteiger partial charge >= 0.3 is 0 Å². The summed E-state index contributed by atoms with van der Waals surface area (Å²) in [5.74, 6) is 0. The Morgan fingerprint density at radius 1 is 1.31 bits per heavy atom. The Morgan fingerprint density at radius 3 is 2.62 bits per heavy atom. The van der Waals surface area contributed by atoms with E-state index >= 15 is 0 Å². The first-order chi connectivity index (χ1) is 7.38. The number of para-hydroxylation sites is 1. The number of rotatable bonds is 1. The predicted octanol–water partition coefficient (Wildman–Crippen LogP) is 4.05. The fourth-order valence-electron chi connectivity index (χ4n) is 1.95. The van der Waals surface area contributed by atoms with Crippen LogP contribution in [0.15, 0.2) is 18.2 Å². The summed E-state index contributed by atoms with van der Waals surface area (Å²) < 4.78 is 3.01. The van der Waals surface area contributed by atoms with Gasteiger partial charge in [0, 0.05) is 6.54 Å². The normalized spacial score (nSPS) is 12.2. The molecule has 1 aromatic carbocycles. The third-order valence-corrected chi connectivity index (χ3v) is 2.97. The van der Waals surface area contributed by atoms with Crippen LogP contribution < -0.4 is 0 Å². The predicted molar refractivity (Wildman–Crippen MR) is 71.3 cm³/mol. The second kappa shape index (κ2) is 3.74. The molecule has 2 aromatic rings. The van der Waals surface area contributed by atoms with Crippen LogP contribution in [0.4, 0.5) is 0 Å². The van der Waals surface area contributed by atoms with E-state index < -0.39 is 0 Å². The molecule has 3 heteroatoms. The molecule has 16 heavy (non-hydrogen) atoms. The van der Waals surface area contributed by atoms with E-state index in [1.807, 2.05) is 0 Å². The van der Waals surface area contributed by atoms with Crippen LogP contribution in [0.2, 0.25) is 0 Å². The van der Waals surface area contributed by atoms with E-state index in [4.69, 9.17) is 12.2 Å². The zero-order chi connectivity index (χ0) is 11.9. The Kier molecular flexibility index (Phi) is 2.66. The number of nitrogens with zero attached hydrogens (tertiary/aromatic N) is 1. The van der Waals surface area contributed by atoms with E-state index in [1.165, 1.54) is 11.1 Å². The molecular weight excluding hydrogens is 216 g/mol. The van der Waals surface area contributed by atoms with Crippen molar-refractivity contribution in [1.29, 1.82) is 0 Å². The summed E-state index contributed by atoms with van der Waals surface area (Å²) in [4.78, 5) is 3.30. The van der Waals surface area contributed by atoms with Gasteiger partial charge < -0.3 is 9.55 Å². The van der Waals surface area contributed by atoms with Gasteiger partial charge in [0.25, 0.3) is 0 Å². The van der Waals surface area contributed by atoms with Gasteiger partial charge in [-0.15, -0.1) is 0 Å². The standard InChI is InChI=1S/C13H18N2S/c1-9-6-5-7-10-11(9)14-12(16)15(10)8-13(2,3)4/h5-7H,8H2,1-4H3,(H,14,16). The van der Waals surface area contributed by atoms with Crippen LogP contribution in [0.1, 0.15) is 26.3 Å². The second-order valence-corrected chi connectivity index (χ2v) is 5.93. The molecule has 0 radical (unpaired) electrons. The topological polar surface area (TPSA) is 20.7 Å².